The minimum atomic E-state index is -0.613. The number of nitro benzene ring substituents is 1. The first-order valence-corrected chi connectivity index (χ1v) is 7.99. The van der Waals surface area contributed by atoms with Crippen molar-refractivity contribution in [2.75, 3.05) is 12.0 Å². The van der Waals surface area contributed by atoms with Gasteiger partial charge in [-0.25, -0.2) is 4.98 Å². The summed E-state index contributed by atoms with van der Waals surface area (Å²) in [5, 5.41) is 25.9. The molecule has 0 atom stereocenters. The van der Waals surface area contributed by atoms with Crippen LogP contribution in [0, 0.1) is 21.4 Å². The van der Waals surface area contributed by atoms with Crippen LogP contribution < -0.4 is 5.43 Å². The monoisotopic (exact) mass is 359 g/mol. The minimum Gasteiger partial charge on any atom is -0.466 e. The van der Waals surface area contributed by atoms with E-state index in [1.807, 2.05) is 0 Å². The molecular formula is C15H13N5O4S. The molecule has 0 aliphatic carbocycles. The summed E-state index contributed by atoms with van der Waals surface area (Å²) in [7, 11) is 0. The highest BCUT2D eigenvalue weighted by Gasteiger charge is 2.13. The molecule has 1 aromatic heterocycles. The van der Waals surface area contributed by atoms with Gasteiger partial charge in [0.15, 0.2) is 0 Å². The van der Waals surface area contributed by atoms with E-state index in [4.69, 9.17) is 10.00 Å². The molecule has 1 heterocycles. The number of hydrogen-bond acceptors (Lipinski definition) is 9. The van der Waals surface area contributed by atoms with Crippen LogP contribution in [0.4, 0.5) is 10.8 Å². The molecule has 0 fully saturated rings. The van der Waals surface area contributed by atoms with Gasteiger partial charge in [-0.3, -0.25) is 20.3 Å². The van der Waals surface area contributed by atoms with Crippen LogP contribution in [-0.2, 0) is 16.0 Å². The Morgan fingerprint density at radius 1 is 1.60 bits per heavy atom. The number of anilines is 1. The van der Waals surface area contributed by atoms with Gasteiger partial charge in [0.2, 0.25) is 5.13 Å². The van der Waals surface area contributed by atoms with Crippen molar-refractivity contribution in [2.45, 2.75) is 13.3 Å². The van der Waals surface area contributed by atoms with Crippen molar-refractivity contribution in [3.05, 3.63) is 50.5 Å². The Morgan fingerprint density at radius 3 is 3.08 bits per heavy atom. The number of carbonyl (C=O) groups is 1. The van der Waals surface area contributed by atoms with Crippen LogP contribution >= 0.6 is 11.3 Å². The van der Waals surface area contributed by atoms with E-state index in [1.165, 1.54) is 35.8 Å². The van der Waals surface area contributed by atoms with Gasteiger partial charge in [0.25, 0.3) is 5.69 Å². The number of aromatic nitrogens is 1. The first-order chi connectivity index (χ1) is 12.0. The number of carbonyl (C=O) groups excluding carboxylic acids is 1. The molecule has 0 amide bonds. The Hall–Kier alpha value is -3.32. The van der Waals surface area contributed by atoms with E-state index in [2.05, 4.69) is 15.5 Å². The molecule has 0 saturated carbocycles. The van der Waals surface area contributed by atoms with Crippen LogP contribution in [0.25, 0.3) is 0 Å². The van der Waals surface area contributed by atoms with Crippen molar-refractivity contribution in [2.24, 2.45) is 5.10 Å². The molecule has 10 heteroatoms. The van der Waals surface area contributed by atoms with Crippen molar-refractivity contribution in [1.29, 1.82) is 5.26 Å². The first kappa shape index (κ1) is 18.0. The van der Waals surface area contributed by atoms with Crippen LogP contribution in [0.15, 0.2) is 28.7 Å². The normalized spacial score (nSPS) is 10.4. The molecule has 0 unspecified atom stereocenters. The lowest BCUT2D eigenvalue weighted by Gasteiger charge is -1.98. The summed E-state index contributed by atoms with van der Waals surface area (Å²) in [6.07, 6.45) is 1.50. The number of nitrogens with zero attached hydrogens (tertiary/aromatic N) is 4. The number of nitrogens with one attached hydrogen (secondary N) is 1. The number of benzene rings is 1. The molecule has 0 aliphatic heterocycles. The maximum Gasteiger partial charge on any atom is 0.311 e. The fraction of sp³-hybridized carbons (Fsp3) is 0.200. The summed E-state index contributed by atoms with van der Waals surface area (Å²) in [4.78, 5) is 25.7. The van der Waals surface area contributed by atoms with Crippen LogP contribution in [0.2, 0.25) is 0 Å². The smallest absolute Gasteiger partial charge is 0.311 e. The zero-order valence-corrected chi connectivity index (χ0v) is 13.9. The number of thiazole rings is 1. The van der Waals surface area contributed by atoms with Crippen molar-refractivity contribution in [3.63, 3.8) is 0 Å². The molecule has 0 spiro atoms. The second kappa shape index (κ2) is 8.51. The van der Waals surface area contributed by atoms with E-state index in [1.54, 1.807) is 18.4 Å². The molecule has 128 valence electrons. The molecule has 0 bridgehead atoms. The summed E-state index contributed by atoms with van der Waals surface area (Å²) in [5.74, 6) is -0.349. The fourth-order valence-electron chi connectivity index (χ4n) is 1.84. The molecule has 25 heavy (non-hydrogen) atoms. The average Bonchev–Trinajstić information content (AvgIpc) is 3.01. The van der Waals surface area contributed by atoms with Crippen molar-refractivity contribution in [1.82, 2.24) is 4.98 Å². The quantitative estimate of drug-likeness (QED) is 0.348. The second-order valence-electron chi connectivity index (χ2n) is 4.64. The third kappa shape index (κ3) is 5.08. The van der Waals surface area contributed by atoms with Gasteiger partial charge in [0, 0.05) is 11.4 Å². The standard InChI is InChI=1S/C15H13N5O4S/c1-2-24-14(21)6-12-9-25-15(18-12)19-17-8-10-3-4-13(20(22)23)11(5-10)7-16/h3-5,8-9H,2,6H2,1H3,(H,18,19). The number of nitriles is 1. The summed E-state index contributed by atoms with van der Waals surface area (Å²) >= 11 is 1.27. The van der Waals surface area contributed by atoms with Crippen LogP contribution in [0.1, 0.15) is 23.7 Å². The zero-order chi connectivity index (χ0) is 18.2. The second-order valence-corrected chi connectivity index (χ2v) is 5.50. The van der Waals surface area contributed by atoms with Crippen molar-refractivity contribution < 1.29 is 14.5 Å². The lowest BCUT2D eigenvalue weighted by molar-refractivity contribution is -0.385. The van der Waals surface area contributed by atoms with Gasteiger partial charge >= 0.3 is 5.97 Å². The van der Waals surface area contributed by atoms with Gasteiger partial charge in [0.1, 0.15) is 11.6 Å². The Bertz CT molecular complexity index is 856. The van der Waals surface area contributed by atoms with E-state index < -0.39 is 4.92 Å². The molecule has 0 saturated heterocycles. The molecule has 0 radical (unpaired) electrons. The van der Waals surface area contributed by atoms with Crippen LogP contribution in [0.5, 0.6) is 0 Å². The summed E-state index contributed by atoms with van der Waals surface area (Å²) in [5.41, 5.74) is 3.50. The number of rotatable bonds is 7. The Labute approximate surface area is 146 Å². The van der Waals surface area contributed by atoms with Gasteiger partial charge in [0.05, 0.1) is 29.9 Å². The highest BCUT2D eigenvalue weighted by atomic mass is 32.1. The Morgan fingerprint density at radius 2 is 2.40 bits per heavy atom. The Balaban J connectivity index is 2.00. The summed E-state index contributed by atoms with van der Waals surface area (Å²) < 4.78 is 4.84. The highest BCUT2D eigenvalue weighted by Crippen LogP contribution is 2.19. The van der Waals surface area contributed by atoms with Crippen LogP contribution in [0.3, 0.4) is 0 Å². The van der Waals surface area contributed by atoms with Gasteiger partial charge in [-0.2, -0.15) is 10.4 Å². The minimum absolute atomic E-state index is 0.0417. The zero-order valence-electron chi connectivity index (χ0n) is 13.1. The van der Waals surface area contributed by atoms with E-state index in [0.717, 1.165) is 0 Å². The largest absolute Gasteiger partial charge is 0.466 e. The van der Waals surface area contributed by atoms with E-state index in [-0.39, 0.29) is 23.6 Å². The predicted molar refractivity (Wildman–Crippen MR) is 91.5 cm³/mol. The van der Waals surface area contributed by atoms with Crippen LogP contribution in [-0.4, -0.2) is 28.7 Å². The number of ether oxygens (including phenoxy) is 1. The lowest BCUT2D eigenvalue weighted by atomic mass is 10.1. The average molecular weight is 359 g/mol. The molecule has 1 N–H and O–H groups in total. The first-order valence-electron chi connectivity index (χ1n) is 7.11. The molecular weight excluding hydrogens is 346 g/mol. The van der Waals surface area contributed by atoms with Crippen molar-refractivity contribution >= 4 is 34.3 Å². The van der Waals surface area contributed by atoms with Crippen molar-refractivity contribution in [3.8, 4) is 6.07 Å². The fourth-order valence-corrected chi connectivity index (χ4v) is 2.50. The summed E-state index contributed by atoms with van der Waals surface area (Å²) in [6, 6.07) is 5.89. The number of nitro groups is 1. The van der Waals surface area contributed by atoms with E-state index in [9.17, 15) is 14.9 Å². The maximum absolute atomic E-state index is 11.4. The third-order valence-electron chi connectivity index (χ3n) is 2.89. The topological polar surface area (TPSA) is 131 Å². The number of hydrazone groups is 1. The van der Waals surface area contributed by atoms with Gasteiger partial charge in [-0.05, 0) is 24.6 Å². The molecule has 1 aromatic carbocycles. The van der Waals surface area contributed by atoms with Gasteiger partial charge < -0.3 is 4.74 Å². The number of esters is 1. The maximum atomic E-state index is 11.4. The molecule has 0 aliphatic rings. The van der Waals surface area contributed by atoms with Gasteiger partial charge in [-0.15, -0.1) is 11.3 Å². The number of hydrogen-bond donors (Lipinski definition) is 1. The van der Waals surface area contributed by atoms with E-state index >= 15 is 0 Å². The molecule has 2 rings (SSSR count). The highest BCUT2D eigenvalue weighted by molar-refractivity contribution is 7.13. The third-order valence-corrected chi connectivity index (χ3v) is 3.69. The Kier molecular flexibility index (Phi) is 6.14. The molecule has 9 nitrogen and oxygen atoms in total. The molecule has 2 aromatic rings. The SMILES string of the molecule is CCOC(=O)Cc1csc(NN=Cc2ccc([N+](=O)[O-])c(C#N)c2)n1. The summed E-state index contributed by atoms with van der Waals surface area (Å²) in [6.45, 7) is 2.05. The lowest BCUT2D eigenvalue weighted by Crippen LogP contribution is -2.07. The van der Waals surface area contributed by atoms with E-state index in [0.29, 0.717) is 23.0 Å². The van der Waals surface area contributed by atoms with Gasteiger partial charge in [-0.1, -0.05) is 0 Å². The predicted octanol–water partition coefficient (Wildman–Crippen LogP) is 2.47.